The summed E-state index contributed by atoms with van der Waals surface area (Å²) in [5.74, 6) is 2.42. The van der Waals surface area contributed by atoms with Crippen LogP contribution in [0.4, 0.5) is 5.69 Å². The molecule has 0 radical (unpaired) electrons. The molecule has 0 saturated carbocycles. The average molecular weight is 369 g/mol. The number of aliphatic imine (C=N–C) groups is 1. The molecule has 2 heterocycles. The van der Waals surface area contributed by atoms with E-state index in [1.54, 1.807) is 14.2 Å². The fourth-order valence-electron chi connectivity index (χ4n) is 3.13. The van der Waals surface area contributed by atoms with Crippen molar-refractivity contribution in [1.29, 1.82) is 0 Å². The average Bonchev–Trinajstić information content (AvgIpc) is 2.75. The smallest absolute Gasteiger partial charge is 0.212 e. The van der Waals surface area contributed by atoms with E-state index in [9.17, 15) is 0 Å². The SMILES string of the molecule is CN=C(NCc1ccc(OC)nc1)N1CCN(c2cccc(OC)c2)CC1. The first-order valence-corrected chi connectivity index (χ1v) is 9.07. The number of methoxy groups -OCH3 is 2. The molecule has 0 bridgehead atoms. The summed E-state index contributed by atoms with van der Waals surface area (Å²) < 4.78 is 10.4. The van der Waals surface area contributed by atoms with E-state index in [2.05, 4.69) is 37.2 Å². The van der Waals surface area contributed by atoms with Crippen LogP contribution in [0, 0.1) is 0 Å². The molecule has 27 heavy (non-hydrogen) atoms. The highest BCUT2D eigenvalue weighted by Crippen LogP contribution is 2.22. The van der Waals surface area contributed by atoms with E-state index < -0.39 is 0 Å². The summed E-state index contributed by atoms with van der Waals surface area (Å²) >= 11 is 0. The van der Waals surface area contributed by atoms with Crippen molar-refractivity contribution in [1.82, 2.24) is 15.2 Å². The number of hydrogen-bond acceptors (Lipinski definition) is 5. The summed E-state index contributed by atoms with van der Waals surface area (Å²) in [7, 11) is 5.14. The van der Waals surface area contributed by atoms with Crippen LogP contribution in [-0.4, -0.2) is 63.3 Å². The van der Waals surface area contributed by atoms with Crippen LogP contribution in [0.3, 0.4) is 0 Å². The van der Waals surface area contributed by atoms with E-state index in [1.807, 2.05) is 37.5 Å². The summed E-state index contributed by atoms with van der Waals surface area (Å²) in [6, 6.07) is 12.1. The predicted molar refractivity (Wildman–Crippen MR) is 108 cm³/mol. The molecule has 0 amide bonds. The van der Waals surface area contributed by atoms with E-state index in [0.29, 0.717) is 12.4 Å². The maximum absolute atomic E-state index is 5.33. The predicted octanol–water partition coefficient (Wildman–Crippen LogP) is 2.00. The Kier molecular flexibility index (Phi) is 6.35. The maximum Gasteiger partial charge on any atom is 0.212 e. The van der Waals surface area contributed by atoms with E-state index in [0.717, 1.165) is 43.5 Å². The highest BCUT2D eigenvalue weighted by atomic mass is 16.5. The molecule has 1 aliphatic heterocycles. The number of piperazine rings is 1. The number of benzene rings is 1. The van der Waals surface area contributed by atoms with Crippen molar-refractivity contribution in [2.45, 2.75) is 6.54 Å². The first-order chi connectivity index (χ1) is 13.2. The van der Waals surface area contributed by atoms with Crippen molar-refractivity contribution in [3.05, 3.63) is 48.2 Å². The molecule has 144 valence electrons. The molecular formula is C20H27N5O2. The zero-order chi connectivity index (χ0) is 19.1. The van der Waals surface area contributed by atoms with Crippen LogP contribution in [-0.2, 0) is 6.54 Å². The Labute approximate surface area is 160 Å². The fourth-order valence-corrected chi connectivity index (χ4v) is 3.13. The second kappa shape index (κ2) is 9.12. The van der Waals surface area contributed by atoms with Gasteiger partial charge in [-0.2, -0.15) is 0 Å². The molecule has 7 heteroatoms. The molecule has 0 aliphatic carbocycles. The highest BCUT2D eigenvalue weighted by molar-refractivity contribution is 5.80. The van der Waals surface area contributed by atoms with Crippen molar-refractivity contribution in [3.63, 3.8) is 0 Å². The second-order valence-electron chi connectivity index (χ2n) is 6.29. The third kappa shape index (κ3) is 4.81. The van der Waals surface area contributed by atoms with Crippen LogP contribution < -0.4 is 19.7 Å². The Bertz CT molecular complexity index is 755. The fraction of sp³-hybridized carbons (Fsp3) is 0.400. The summed E-state index contributed by atoms with van der Waals surface area (Å²) in [5.41, 5.74) is 2.29. The van der Waals surface area contributed by atoms with Crippen molar-refractivity contribution >= 4 is 11.6 Å². The lowest BCUT2D eigenvalue weighted by Crippen LogP contribution is -2.52. The minimum absolute atomic E-state index is 0.622. The summed E-state index contributed by atoms with van der Waals surface area (Å²) in [5, 5.41) is 3.42. The van der Waals surface area contributed by atoms with E-state index >= 15 is 0 Å². The molecule has 2 aromatic rings. The molecule has 1 N–H and O–H groups in total. The van der Waals surface area contributed by atoms with Gasteiger partial charge in [-0.1, -0.05) is 12.1 Å². The first-order valence-electron chi connectivity index (χ1n) is 9.07. The summed E-state index contributed by atoms with van der Waals surface area (Å²) in [6.07, 6.45) is 1.82. The third-order valence-electron chi connectivity index (χ3n) is 4.67. The first kappa shape index (κ1) is 18.8. The lowest BCUT2D eigenvalue weighted by Gasteiger charge is -2.37. The van der Waals surface area contributed by atoms with E-state index in [1.165, 1.54) is 5.69 Å². The topological polar surface area (TPSA) is 62.2 Å². The van der Waals surface area contributed by atoms with Crippen LogP contribution in [0.15, 0.2) is 47.6 Å². The van der Waals surface area contributed by atoms with Gasteiger partial charge >= 0.3 is 0 Å². The lowest BCUT2D eigenvalue weighted by molar-refractivity contribution is 0.371. The molecule has 7 nitrogen and oxygen atoms in total. The molecule has 1 aromatic heterocycles. The Hall–Kier alpha value is -2.96. The maximum atomic E-state index is 5.33. The lowest BCUT2D eigenvalue weighted by atomic mass is 10.2. The second-order valence-corrected chi connectivity index (χ2v) is 6.29. The van der Waals surface area contributed by atoms with Crippen molar-refractivity contribution in [3.8, 4) is 11.6 Å². The van der Waals surface area contributed by atoms with Gasteiger partial charge in [-0.3, -0.25) is 4.99 Å². The molecule has 0 spiro atoms. The minimum Gasteiger partial charge on any atom is -0.497 e. The van der Waals surface area contributed by atoms with Crippen molar-refractivity contribution < 1.29 is 9.47 Å². The standard InChI is InChI=1S/C20H27N5O2/c1-21-20(23-15-16-7-8-19(27-3)22-14-16)25-11-9-24(10-12-25)17-5-4-6-18(13-17)26-2/h4-8,13-14H,9-12,15H2,1-3H3,(H,21,23). The van der Waals surface area contributed by atoms with Gasteiger partial charge in [0.05, 0.1) is 14.2 Å². The Morgan fingerprint density at radius 3 is 2.56 bits per heavy atom. The molecule has 1 aliphatic rings. The normalized spacial score (nSPS) is 14.9. The molecule has 3 rings (SSSR count). The van der Waals surface area contributed by atoms with E-state index in [4.69, 9.17) is 9.47 Å². The van der Waals surface area contributed by atoms with Crippen LogP contribution >= 0.6 is 0 Å². The number of ether oxygens (including phenoxy) is 2. The quantitative estimate of drug-likeness (QED) is 0.643. The Morgan fingerprint density at radius 2 is 1.93 bits per heavy atom. The van der Waals surface area contributed by atoms with Gasteiger partial charge < -0.3 is 24.6 Å². The number of pyridine rings is 1. The number of rotatable bonds is 5. The molecule has 0 atom stereocenters. The number of hydrogen-bond donors (Lipinski definition) is 1. The van der Waals surface area contributed by atoms with Gasteiger partial charge in [-0.15, -0.1) is 0 Å². The van der Waals surface area contributed by atoms with Gasteiger partial charge in [-0.05, 0) is 17.7 Å². The largest absolute Gasteiger partial charge is 0.497 e. The zero-order valence-electron chi connectivity index (χ0n) is 16.2. The molecule has 0 unspecified atom stereocenters. The zero-order valence-corrected chi connectivity index (χ0v) is 16.2. The molecule has 1 saturated heterocycles. The van der Waals surface area contributed by atoms with Crippen LogP contribution in [0.5, 0.6) is 11.6 Å². The monoisotopic (exact) mass is 369 g/mol. The molecular weight excluding hydrogens is 342 g/mol. The highest BCUT2D eigenvalue weighted by Gasteiger charge is 2.20. The third-order valence-corrected chi connectivity index (χ3v) is 4.67. The number of anilines is 1. The summed E-state index contributed by atoms with van der Waals surface area (Å²) in [6.45, 7) is 4.39. The number of nitrogens with one attached hydrogen (secondary N) is 1. The van der Waals surface area contributed by atoms with Gasteiger partial charge in [-0.25, -0.2) is 4.98 Å². The number of nitrogens with zero attached hydrogens (tertiary/aromatic N) is 4. The van der Waals surface area contributed by atoms with Gasteiger partial charge in [0, 0.05) is 63.8 Å². The number of guanidine groups is 1. The van der Waals surface area contributed by atoms with Crippen LogP contribution in [0.2, 0.25) is 0 Å². The van der Waals surface area contributed by atoms with Crippen LogP contribution in [0.25, 0.3) is 0 Å². The van der Waals surface area contributed by atoms with Gasteiger partial charge in [0.25, 0.3) is 0 Å². The molecule has 1 aromatic carbocycles. The Balaban J connectivity index is 1.53. The van der Waals surface area contributed by atoms with Gasteiger partial charge in [0.15, 0.2) is 5.96 Å². The number of aromatic nitrogens is 1. The summed E-state index contributed by atoms with van der Waals surface area (Å²) in [4.78, 5) is 13.3. The molecule has 1 fully saturated rings. The van der Waals surface area contributed by atoms with Crippen molar-refractivity contribution in [2.75, 3.05) is 52.3 Å². The van der Waals surface area contributed by atoms with E-state index in [-0.39, 0.29) is 0 Å². The van der Waals surface area contributed by atoms with Gasteiger partial charge in [0.1, 0.15) is 5.75 Å². The minimum atomic E-state index is 0.622. The Morgan fingerprint density at radius 1 is 1.11 bits per heavy atom. The van der Waals surface area contributed by atoms with Crippen molar-refractivity contribution in [2.24, 2.45) is 4.99 Å². The van der Waals surface area contributed by atoms with Gasteiger partial charge in [0.2, 0.25) is 5.88 Å². The van der Waals surface area contributed by atoms with Crippen LogP contribution in [0.1, 0.15) is 5.56 Å².